The molecule has 162 valence electrons. The standard InChI is InChI=1S/C24H24O7/c1-14(2)29-16-9-10-18-17(12-16)22(27-3)21(24(25)26)23(31-18)19-13-28-20(30-19)11-15-7-5-4-6-8-15/h4-10,12-14,20,23H,11H2,1-3H3,(H,25,26). The molecule has 0 bridgehead atoms. The molecule has 4 rings (SSSR count). The van der Waals surface area contributed by atoms with Crippen LogP contribution in [0.4, 0.5) is 0 Å². The molecule has 0 amide bonds. The molecule has 2 heterocycles. The maximum absolute atomic E-state index is 12.2. The third kappa shape index (κ3) is 4.30. The monoisotopic (exact) mass is 424 g/mol. The van der Waals surface area contributed by atoms with Gasteiger partial charge in [-0.25, -0.2) is 4.79 Å². The van der Waals surface area contributed by atoms with Gasteiger partial charge in [0.15, 0.2) is 11.9 Å². The van der Waals surface area contributed by atoms with Crippen LogP contribution in [-0.2, 0) is 25.4 Å². The number of benzene rings is 2. The summed E-state index contributed by atoms with van der Waals surface area (Å²) in [5, 5.41) is 9.94. The zero-order valence-corrected chi connectivity index (χ0v) is 17.5. The predicted molar refractivity (Wildman–Crippen MR) is 112 cm³/mol. The zero-order valence-electron chi connectivity index (χ0n) is 17.5. The third-order valence-corrected chi connectivity index (χ3v) is 4.86. The van der Waals surface area contributed by atoms with Crippen LogP contribution < -0.4 is 9.47 Å². The molecule has 31 heavy (non-hydrogen) atoms. The summed E-state index contributed by atoms with van der Waals surface area (Å²) >= 11 is 0. The fourth-order valence-electron chi connectivity index (χ4n) is 3.58. The molecule has 0 aliphatic carbocycles. The molecule has 2 aliphatic rings. The Morgan fingerprint density at radius 2 is 1.90 bits per heavy atom. The van der Waals surface area contributed by atoms with Gasteiger partial charge in [0.1, 0.15) is 29.1 Å². The highest BCUT2D eigenvalue weighted by Crippen LogP contribution is 2.41. The average Bonchev–Trinajstić information content (AvgIpc) is 3.20. The number of carbonyl (C=O) groups is 1. The predicted octanol–water partition coefficient (Wildman–Crippen LogP) is 4.13. The lowest BCUT2D eigenvalue weighted by molar-refractivity contribution is -0.134. The maximum atomic E-state index is 12.2. The number of carboxylic acids is 1. The van der Waals surface area contributed by atoms with E-state index in [4.69, 9.17) is 23.7 Å². The van der Waals surface area contributed by atoms with Gasteiger partial charge in [-0.2, -0.15) is 0 Å². The van der Waals surface area contributed by atoms with Gasteiger partial charge in [-0.05, 0) is 37.6 Å². The van der Waals surface area contributed by atoms with Crippen molar-refractivity contribution in [1.82, 2.24) is 0 Å². The fourth-order valence-corrected chi connectivity index (χ4v) is 3.58. The molecule has 2 atom stereocenters. The number of carboxylic acid groups (broad SMARTS) is 1. The quantitative estimate of drug-likeness (QED) is 0.715. The topological polar surface area (TPSA) is 83.5 Å². The number of ether oxygens (including phenoxy) is 5. The van der Waals surface area contributed by atoms with Gasteiger partial charge in [0, 0.05) is 6.42 Å². The summed E-state index contributed by atoms with van der Waals surface area (Å²) in [6.45, 7) is 3.83. The van der Waals surface area contributed by atoms with E-state index in [1.54, 1.807) is 18.2 Å². The molecule has 0 aromatic heterocycles. The van der Waals surface area contributed by atoms with Crippen molar-refractivity contribution in [3.63, 3.8) is 0 Å². The second-order valence-electron chi connectivity index (χ2n) is 7.47. The van der Waals surface area contributed by atoms with E-state index >= 15 is 0 Å². The molecule has 2 aromatic carbocycles. The van der Waals surface area contributed by atoms with E-state index in [1.807, 2.05) is 44.2 Å². The van der Waals surface area contributed by atoms with Gasteiger partial charge in [-0.3, -0.25) is 0 Å². The first-order chi connectivity index (χ1) is 15.0. The van der Waals surface area contributed by atoms with Crippen LogP contribution in [0.3, 0.4) is 0 Å². The minimum absolute atomic E-state index is 0.0278. The van der Waals surface area contributed by atoms with Crippen molar-refractivity contribution >= 4 is 11.7 Å². The molecular formula is C24H24O7. The number of rotatable bonds is 7. The van der Waals surface area contributed by atoms with Gasteiger partial charge in [0.05, 0.1) is 18.8 Å². The van der Waals surface area contributed by atoms with E-state index < -0.39 is 18.4 Å². The molecule has 0 saturated carbocycles. The SMILES string of the molecule is COC1=C(C(=O)O)C(C2=COC(Cc3ccccc3)O2)Oc2ccc(OC(C)C)cc21. The van der Waals surface area contributed by atoms with E-state index in [1.165, 1.54) is 13.4 Å². The van der Waals surface area contributed by atoms with Crippen LogP contribution in [0.2, 0.25) is 0 Å². The number of fused-ring (bicyclic) bond motifs is 1. The minimum Gasteiger partial charge on any atom is -0.495 e. The van der Waals surface area contributed by atoms with Crippen LogP contribution in [0.25, 0.3) is 5.76 Å². The Labute approximate surface area is 180 Å². The lowest BCUT2D eigenvalue weighted by atomic mass is 9.98. The van der Waals surface area contributed by atoms with Gasteiger partial charge in [-0.1, -0.05) is 30.3 Å². The van der Waals surface area contributed by atoms with Crippen molar-refractivity contribution in [2.45, 2.75) is 38.8 Å². The Bertz CT molecular complexity index is 1020. The second kappa shape index (κ2) is 8.63. The molecule has 0 fully saturated rings. The summed E-state index contributed by atoms with van der Waals surface area (Å²) in [5.41, 5.74) is 1.49. The van der Waals surface area contributed by atoms with Crippen molar-refractivity contribution in [2.24, 2.45) is 0 Å². The van der Waals surface area contributed by atoms with Crippen molar-refractivity contribution in [1.29, 1.82) is 0 Å². The first kappa shape index (κ1) is 20.7. The van der Waals surface area contributed by atoms with E-state index in [9.17, 15) is 9.90 Å². The molecule has 2 unspecified atom stereocenters. The summed E-state index contributed by atoms with van der Waals surface area (Å²) < 4.78 is 28.8. The van der Waals surface area contributed by atoms with Gasteiger partial charge in [0.2, 0.25) is 6.29 Å². The van der Waals surface area contributed by atoms with Gasteiger partial charge >= 0.3 is 5.97 Å². The Hall–Kier alpha value is -3.61. The van der Waals surface area contributed by atoms with Crippen molar-refractivity contribution in [2.75, 3.05) is 7.11 Å². The number of methoxy groups -OCH3 is 1. The van der Waals surface area contributed by atoms with Crippen LogP contribution in [0, 0.1) is 0 Å². The molecule has 0 radical (unpaired) electrons. The van der Waals surface area contributed by atoms with E-state index in [0.29, 0.717) is 23.5 Å². The Balaban J connectivity index is 1.62. The van der Waals surface area contributed by atoms with Crippen LogP contribution in [0.15, 0.2) is 66.1 Å². The lowest BCUT2D eigenvalue weighted by Crippen LogP contribution is -2.32. The van der Waals surface area contributed by atoms with Crippen LogP contribution in [-0.4, -0.2) is 36.7 Å². The number of hydrogen-bond acceptors (Lipinski definition) is 6. The average molecular weight is 424 g/mol. The maximum Gasteiger partial charge on any atom is 0.339 e. The molecule has 7 nitrogen and oxygen atoms in total. The number of hydrogen-bond donors (Lipinski definition) is 1. The largest absolute Gasteiger partial charge is 0.495 e. The van der Waals surface area contributed by atoms with Crippen molar-refractivity contribution in [3.05, 3.63) is 77.3 Å². The highest BCUT2D eigenvalue weighted by atomic mass is 16.7. The van der Waals surface area contributed by atoms with Crippen LogP contribution >= 0.6 is 0 Å². The smallest absolute Gasteiger partial charge is 0.339 e. The summed E-state index contributed by atoms with van der Waals surface area (Å²) in [5.74, 6) is 0.375. The van der Waals surface area contributed by atoms with E-state index in [-0.39, 0.29) is 23.2 Å². The molecule has 1 N–H and O–H groups in total. The molecule has 0 saturated heterocycles. The number of aliphatic carboxylic acids is 1. The zero-order chi connectivity index (χ0) is 22.0. The van der Waals surface area contributed by atoms with Crippen LogP contribution in [0.1, 0.15) is 25.0 Å². The fraction of sp³-hybridized carbons (Fsp3) is 0.292. The van der Waals surface area contributed by atoms with Gasteiger partial charge in [0.25, 0.3) is 0 Å². The Kier molecular flexibility index (Phi) is 5.75. The molecule has 2 aromatic rings. The summed E-state index contributed by atoms with van der Waals surface area (Å²) in [4.78, 5) is 12.2. The normalized spacial score (nSPS) is 19.7. The van der Waals surface area contributed by atoms with Crippen molar-refractivity contribution < 1.29 is 33.6 Å². The van der Waals surface area contributed by atoms with Gasteiger partial charge < -0.3 is 28.8 Å². The lowest BCUT2D eigenvalue weighted by Gasteiger charge is -2.29. The second-order valence-corrected chi connectivity index (χ2v) is 7.47. The van der Waals surface area contributed by atoms with Crippen LogP contribution in [0.5, 0.6) is 11.5 Å². The summed E-state index contributed by atoms with van der Waals surface area (Å²) in [6.07, 6.45) is 0.335. The highest BCUT2D eigenvalue weighted by Gasteiger charge is 2.40. The van der Waals surface area contributed by atoms with Crippen molar-refractivity contribution in [3.8, 4) is 11.5 Å². The highest BCUT2D eigenvalue weighted by molar-refractivity contribution is 5.98. The third-order valence-electron chi connectivity index (χ3n) is 4.86. The Morgan fingerprint density at radius 1 is 1.13 bits per heavy atom. The van der Waals surface area contributed by atoms with E-state index in [0.717, 1.165) is 5.56 Å². The molecule has 2 aliphatic heterocycles. The van der Waals surface area contributed by atoms with Gasteiger partial charge in [-0.15, -0.1) is 0 Å². The minimum atomic E-state index is -1.17. The first-order valence-electron chi connectivity index (χ1n) is 10.0. The Morgan fingerprint density at radius 3 is 2.58 bits per heavy atom. The molecular weight excluding hydrogens is 400 g/mol. The first-order valence-corrected chi connectivity index (χ1v) is 10.0. The molecule has 7 heteroatoms. The summed E-state index contributed by atoms with van der Waals surface area (Å²) in [6, 6.07) is 15.0. The van der Waals surface area contributed by atoms with E-state index in [2.05, 4.69) is 0 Å². The summed E-state index contributed by atoms with van der Waals surface area (Å²) in [7, 11) is 1.43. The molecule has 0 spiro atoms.